The van der Waals surface area contributed by atoms with E-state index in [1.54, 1.807) is 36.5 Å². The van der Waals surface area contributed by atoms with Gasteiger partial charge in [-0.3, -0.25) is 24.8 Å². The van der Waals surface area contributed by atoms with Gasteiger partial charge in [-0.1, -0.05) is 43.2 Å². The molecule has 1 saturated heterocycles. The number of allylic oxidation sites excluding steroid dienone is 1. The molecular weight excluding hydrogens is 868 g/mol. The highest BCUT2D eigenvalue weighted by molar-refractivity contribution is 7.90. The third-order valence-electron chi connectivity index (χ3n) is 12.5. The number of nitriles is 1. The first-order chi connectivity index (χ1) is 31.2. The zero-order chi connectivity index (χ0) is 45.5. The highest BCUT2D eigenvalue weighted by Crippen LogP contribution is 2.44. The summed E-state index contributed by atoms with van der Waals surface area (Å²) in [6.45, 7) is 8.59. The molecule has 5 heterocycles. The predicted molar refractivity (Wildman–Crippen MR) is 246 cm³/mol. The van der Waals surface area contributed by atoms with Gasteiger partial charge in [-0.05, 0) is 90.8 Å². The molecule has 15 nitrogen and oxygen atoms in total. The summed E-state index contributed by atoms with van der Waals surface area (Å²) in [4.78, 5) is 41.7. The smallest absolute Gasteiger partial charge is 0.277 e. The molecule has 17 heteroatoms. The number of nitro benzene ring substituents is 1. The molecule has 0 spiro atoms. The van der Waals surface area contributed by atoms with Crippen LogP contribution in [0.2, 0.25) is 5.02 Å². The lowest BCUT2D eigenvalue weighted by Gasteiger charge is -2.39. The van der Waals surface area contributed by atoms with Crippen molar-refractivity contribution in [3.8, 4) is 23.3 Å². The minimum atomic E-state index is -4.69. The number of fused-ring (bicyclic) bond motifs is 2. The molecule has 0 radical (unpaired) electrons. The quantitative estimate of drug-likeness (QED) is 0.0927. The molecule has 65 heavy (non-hydrogen) atoms. The van der Waals surface area contributed by atoms with Crippen molar-refractivity contribution in [3.63, 3.8) is 0 Å². The number of anilines is 1. The molecule has 0 saturated carbocycles. The normalized spacial score (nSPS) is 17.5. The third kappa shape index (κ3) is 9.40. The largest absolute Gasteiger partial charge is 0.492 e. The minimum Gasteiger partial charge on any atom is -0.492 e. The van der Waals surface area contributed by atoms with Crippen LogP contribution < -0.4 is 19.1 Å². The summed E-state index contributed by atoms with van der Waals surface area (Å²) in [6.07, 6.45) is 7.97. The number of rotatable bonds is 11. The van der Waals surface area contributed by atoms with Crippen molar-refractivity contribution in [1.29, 1.82) is 5.26 Å². The SMILES string of the molecule is CC1(C)CCC(CN2CCN(c3ccc(C(=O)NS(=O)(=O)c4cc5c(c([N+](=O)[O-])c4)C[C@@H](c4ccc(C#N)cn4)CO5)c(Oc4cnc5[nH]ccc5c4)c3)CC2)=C(c2ccc(Cl)cc2)C1. The first kappa shape index (κ1) is 43.5. The number of carbonyl (C=O) groups is 1. The van der Waals surface area contributed by atoms with Gasteiger partial charge in [-0.25, -0.2) is 18.1 Å². The van der Waals surface area contributed by atoms with Crippen LogP contribution >= 0.6 is 11.6 Å². The van der Waals surface area contributed by atoms with Gasteiger partial charge in [0.25, 0.3) is 21.6 Å². The fraction of sp³-hybridized carbons (Fsp3) is 0.292. The zero-order valence-electron chi connectivity index (χ0n) is 35.7. The Labute approximate surface area is 380 Å². The number of aromatic amines is 1. The molecule has 1 atom stereocenters. The van der Waals surface area contributed by atoms with Crippen LogP contribution in [0.15, 0.2) is 108 Å². The van der Waals surface area contributed by atoms with Crippen molar-refractivity contribution in [2.45, 2.75) is 50.3 Å². The van der Waals surface area contributed by atoms with Gasteiger partial charge >= 0.3 is 0 Å². The zero-order valence-corrected chi connectivity index (χ0v) is 37.3. The first-order valence-electron chi connectivity index (χ1n) is 21.3. The van der Waals surface area contributed by atoms with Crippen LogP contribution in [-0.2, 0) is 16.4 Å². The number of sulfonamides is 1. The number of carbonyl (C=O) groups excluding carboxylic acids is 1. The molecule has 3 aromatic carbocycles. The summed E-state index contributed by atoms with van der Waals surface area (Å²) in [5.74, 6) is -0.941. The van der Waals surface area contributed by atoms with E-state index in [1.807, 2.05) is 24.3 Å². The molecule has 2 aliphatic heterocycles. The van der Waals surface area contributed by atoms with Crippen LogP contribution in [0.25, 0.3) is 16.6 Å². The van der Waals surface area contributed by atoms with E-state index in [4.69, 9.17) is 26.3 Å². The van der Waals surface area contributed by atoms with Crippen molar-refractivity contribution in [1.82, 2.24) is 24.6 Å². The molecule has 1 fully saturated rings. The van der Waals surface area contributed by atoms with Gasteiger partial charge in [0.1, 0.15) is 29.0 Å². The molecule has 3 aliphatic rings. The fourth-order valence-corrected chi connectivity index (χ4v) is 10.00. The molecule has 0 bridgehead atoms. The summed E-state index contributed by atoms with van der Waals surface area (Å²) in [7, 11) is -4.69. The molecule has 1 amide bonds. The van der Waals surface area contributed by atoms with Crippen molar-refractivity contribution >= 4 is 55.5 Å². The number of H-pyrrole nitrogens is 1. The molecule has 0 unspecified atom stereocenters. The summed E-state index contributed by atoms with van der Waals surface area (Å²) in [5, 5.41) is 23.0. The molecule has 6 aromatic rings. The van der Waals surface area contributed by atoms with Gasteiger partial charge < -0.3 is 19.4 Å². The van der Waals surface area contributed by atoms with Gasteiger partial charge in [0.05, 0.1) is 39.3 Å². The number of amides is 1. The van der Waals surface area contributed by atoms with Gasteiger partial charge in [0, 0.05) is 91.0 Å². The van der Waals surface area contributed by atoms with Crippen LogP contribution in [-0.4, -0.2) is 78.4 Å². The predicted octanol–water partition coefficient (Wildman–Crippen LogP) is 8.81. The van der Waals surface area contributed by atoms with Crippen LogP contribution in [0, 0.1) is 26.9 Å². The van der Waals surface area contributed by atoms with E-state index < -0.39 is 31.4 Å². The molecule has 9 rings (SSSR count). The van der Waals surface area contributed by atoms with E-state index in [2.05, 4.69) is 55.5 Å². The molecule has 332 valence electrons. The minimum absolute atomic E-state index is 0.0134. The summed E-state index contributed by atoms with van der Waals surface area (Å²) in [6, 6.07) is 24.1. The second kappa shape index (κ2) is 17.6. The lowest BCUT2D eigenvalue weighted by atomic mass is 9.72. The van der Waals surface area contributed by atoms with Gasteiger partial charge in [0.15, 0.2) is 0 Å². The summed E-state index contributed by atoms with van der Waals surface area (Å²) in [5.41, 5.74) is 6.30. The maximum absolute atomic E-state index is 14.1. The number of piperazine rings is 1. The van der Waals surface area contributed by atoms with Gasteiger partial charge in [-0.2, -0.15) is 5.26 Å². The van der Waals surface area contributed by atoms with Crippen LogP contribution in [0.5, 0.6) is 17.2 Å². The maximum Gasteiger partial charge on any atom is 0.277 e. The van der Waals surface area contributed by atoms with E-state index in [0.717, 1.165) is 61.1 Å². The van der Waals surface area contributed by atoms with Crippen LogP contribution in [0.1, 0.15) is 71.8 Å². The Morgan fingerprint density at radius 1 is 1.05 bits per heavy atom. The Morgan fingerprint density at radius 3 is 2.58 bits per heavy atom. The highest BCUT2D eigenvalue weighted by Gasteiger charge is 2.34. The average Bonchev–Trinajstić information content (AvgIpc) is 3.77. The number of hydrogen-bond acceptors (Lipinski definition) is 12. The third-order valence-corrected chi connectivity index (χ3v) is 14.0. The standard InChI is InChI=1S/C48H45ClN8O7S/c1-48(2)13-11-33(41(24-48)31-4-6-35(49)7-5-31)28-55-15-17-56(18-16-55)36-8-9-39(45(21-36)64-37-19-32-12-14-51-46(32)53-27-37)47(58)54-65(61,62)38-22-43(57(59)60)40-20-34(29-63-44(40)23-38)42-10-3-30(25-50)26-52-42/h3-10,12,14,19,21-23,26-27,34H,11,13,15-18,20,24,28-29H2,1-2H3,(H,51,53)(H,54,58)/t34-/m1/s1. The Morgan fingerprint density at radius 2 is 1.85 bits per heavy atom. The highest BCUT2D eigenvalue weighted by atomic mass is 35.5. The molecule has 1 aliphatic carbocycles. The Bertz CT molecular complexity index is 3010. The van der Waals surface area contributed by atoms with Gasteiger partial charge in [-0.15, -0.1) is 0 Å². The Balaban J connectivity index is 0.951. The maximum atomic E-state index is 14.1. The fourth-order valence-electron chi connectivity index (χ4n) is 8.87. The van der Waals surface area contributed by atoms with E-state index in [0.29, 0.717) is 35.7 Å². The number of hydrogen-bond donors (Lipinski definition) is 2. The summed E-state index contributed by atoms with van der Waals surface area (Å²) >= 11 is 6.24. The topological polar surface area (TPSA) is 197 Å². The van der Waals surface area contributed by atoms with Crippen LogP contribution in [0.4, 0.5) is 11.4 Å². The second-order valence-corrected chi connectivity index (χ2v) is 19.6. The van der Waals surface area contributed by atoms with Crippen molar-refractivity contribution < 1.29 is 27.6 Å². The Kier molecular flexibility index (Phi) is 11.8. The van der Waals surface area contributed by atoms with Crippen molar-refractivity contribution in [3.05, 3.63) is 146 Å². The first-order valence-corrected chi connectivity index (χ1v) is 23.1. The molecule has 2 N–H and O–H groups in total. The lowest BCUT2D eigenvalue weighted by molar-refractivity contribution is -0.386. The number of nitrogens with zero attached hydrogens (tertiary/aromatic N) is 6. The monoisotopic (exact) mass is 912 g/mol. The molecular formula is C48H45ClN8O7S. The van der Waals surface area contributed by atoms with Crippen molar-refractivity contribution in [2.24, 2.45) is 5.41 Å². The number of ether oxygens (including phenoxy) is 2. The van der Waals surface area contributed by atoms with Crippen molar-refractivity contribution in [2.75, 3.05) is 44.2 Å². The van der Waals surface area contributed by atoms with E-state index in [-0.39, 0.29) is 47.0 Å². The average molecular weight is 913 g/mol. The van der Waals surface area contributed by atoms with E-state index >= 15 is 0 Å². The second-order valence-electron chi connectivity index (χ2n) is 17.5. The number of benzene rings is 3. The number of nitro groups is 1. The van der Waals surface area contributed by atoms with Gasteiger partial charge in [0.2, 0.25) is 0 Å². The number of nitrogens with one attached hydrogen (secondary N) is 2. The van der Waals surface area contributed by atoms with E-state index in [9.17, 15) is 23.3 Å². The lowest BCUT2D eigenvalue weighted by Crippen LogP contribution is -2.47. The number of pyridine rings is 2. The number of aromatic nitrogens is 3. The number of halogens is 1. The summed E-state index contributed by atoms with van der Waals surface area (Å²) < 4.78 is 42.2. The molecule has 3 aromatic heterocycles. The Hall–Kier alpha value is -6.80. The van der Waals surface area contributed by atoms with Crippen LogP contribution in [0.3, 0.4) is 0 Å². The van der Waals surface area contributed by atoms with E-state index in [1.165, 1.54) is 41.2 Å².